The fraction of sp³-hybridized carbons (Fsp3) is 0.0625. The quantitative estimate of drug-likeness (QED) is 0.678. The number of hydrogen-bond donors (Lipinski definition) is 0. The van der Waals surface area contributed by atoms with Gasteiger partial charge in [0.05, 0.1) is 6.08 Å². The van der Waals surface area contributed by atoms with E-state index in [0.717, 1.165) is 0 Å². The second kappa shape index (κ2) is 5.59. The van der Waals surface area contributed by atoms with Gasteiger partial charge in [-0.05, 0) is 11.1 Å². The molecule has 0 atom stereocenters. The van der Waals surface area contributed by atoms with E-state index in [0.29, 0.717) is 16.7 Å². The fourth-order valence-electron chi connectivity index (χ4n) is 1.70. The zero-order valence-electron chi connectivity index (χ0n) is 9.98. The molecule has 96 valence electrons. The van der Waals surface area contributed by atoms with Gasteiger partial charge in [-0.3, -0.25) is 0 Å². The molecule has 2 rings (SSSR count). The van der Waals surface area contributed by atoms with Crippen LogP contribution in [0.25, 0.3) is 5.57 Å². The van der Waals surface area contributed by atoms with Crippen LogP contribution in [0.3, 0.4) is 0 Å². The number of benzene rings is 2. The zero-order valence-corrected chi connectivity index (χ0v) is 9.98. The normalized spacial score (nSPS) is 10.7. The smallest absolute Gasteiger partial charge is 0.166 e. The molecule has 0 aliphatic rings. The van der Waals surface area contributed by atoms with E-state index in [1.165, 1.54) is 0 Å². The van der Waals surface area contributed by atoms with Gasteiger partial charge in [0.15, 0.2) is 0 Å². The predicted octanol–water partition coefficient (Wildman–Crippen LogP) is 4.84. The molecule has 0 radical (unpaired) electrons. The summed E-state index contributed by atoms with van der Waals surface area (Å²) in [6, 6.07) is 17.8. The molecule has 2 aromatic carbocycles. The van der Waals surface area contributed by atoms with Crippen LogP contribution in [0.1, 0.15) is 11.1 Å². The molecule has 0 fully saturated rings. The van der Waals surface area contributed by atoms with Crippen molar-refractivity contribution in [3.05, 3.63) is 83.6 Å². The maximum atomic E-state index is 12.3. The lowest BCUT2D eigenvalue weighted by atomic mass is 9.99. The minimum atomic E-state index is -4.37. The van der Waals surface area contributed by atoms with Gasteiger partial charge in [0.25, 0.3) is 0 Å². The van der Waals surface area contributed by atoms with Crippen LogP contribution in [0.4, 0.5) is 13.2 Å². The molecule has 2 aromatic rings. The molecular weight excluding hydrogens is 249 g/mol. The largest absolute Gasteiger partial charge is 0.416 e. The third-order valence-corrected chi connectivity index (χ3v) is 2.51. The molecule has 0 nitrogen and oxygen atoms in total. The first-order valence-electron chi connectivity index (χ1n) is 5.72. The van der Waals surface area contributed by atoms with Crippen LogP contribution in [-0.4, -0.2) is 6.18 Å². The first-order valence-corrected chi connectivity index (χ1v) is 5.72. The van der Waals surface area contributed by atoms with Crippen molar-refractivity contribution in [3.8, 4) is 0 Å². The molecule has 0 bridgehead atoms. The summed E-state index contributed by atoms with van der Waals surface area (Å²) in [6.45, 7) is 0. The van der Waals surface area contributed by atoms with Crippen molar-refractivity contribution in [1.82, 2.24) is 0 Å². The third kappa shape index (κ3) is 3.87. The zero-order chi connectivity index (χ0) is 13.7. The highest BCUT2D eigenvalue weighted by atomic mass is 19.4. The summed E-state index contributed by atoms with van der Waals surface area (Å²) in [5.41, 5.74) is 4.19. The molecule has 0 N–H and O–H groups in total. The van der Waals surface area contributed by atoms with Crippen LogP contribution in [0, 0.1) is 0 Å². The van der Waals surface area contributed by atoms with Crippen molar-refractivity contribution in [2.75, 3.05) is 0 Å². The van der Waals surface area contributed by atoms with Crippen molar-refractivity contribution in [2.24, 2.45) is 0 Å². The van der Waals surface area contributed by atoms with E-state index < -0.39 is 6.18 Å². The van der Waals surface area contributed by atoms with Gasteiger partial charge in [-0.2, -0.15) is 13.2 Å². The van der Waals surface area contributed by atoms with E-state index in [1.54, 1.807) is 48.5 Å². The van der Waals surface area contributed by atoms with E-state index in [9.17, 15) is 13.2 Å². The van der Waals surface area contributed by atoms with Crippen molar-refractivity contribution >= 4 is 5.57 Å². The summed E-state index contributed by atoms with van der Waals surface area (Å²) in [6.07, 6.45) is -4.23. The van der Waals surface area contributed by atoms with Gasteiger partial charge in [0.1, 0.15) is 0 Å². The molecule has 0 saturated heterocycles. The summed E-state index contributed by atoms with van der Waals surface area (Å²) in [7, 11) is 0. The summed E-state index contributed by atoms with van der Waals surface area (Å²) in [4.78, 5) is 0. The molecule has 0 aromatic heterocycles. The van der Waals surface area contributed by atoms with E-state index >= 15 is 0 Å². The van der Waals surface area contributed by atoms with Crippen LogP contribution in [0.5, 0.6) is 0 Å². The molecule has 0 saturated carbocycles. The summed E-state index contributed by atoms with van der Waals surface area (Å²) in [5, 5.41) is 0. The van der Waals surface area contributed by atoms with Crippen LogP contribution in [-0.2, 0) is 0 Å². The Labute approximate surface area is 109 Å². The highest BCUT2D eigenvalue weighted by Gasteiger charge is 2.22. The molecule has 0 unspecified atom stereocenters. The predicted molar refractivity (Wildman–Crippen MR) is 69.5 cm³/mol. The van der Waals surface area contributed by atoms with Crippen molar-refractivity contribution in [1.29, 1.82) is 0 Å². The number of allylic oxidation sites excluding steroid dienone is 1. The van der Waals surface area contributed by atoms with Gasteiger partial charge < -0.3 is 0 Å². The lowest BCUT2D eigenvalue weighted by Gasteiger charge is -2.05. The Bertz CT molecular complexity index is 547. The van der Waals surface area contributed by atoms with Gasteiger partial charge in [-0.15, -0.1) is 5.73 Å². The number of alkyl halides is 3. The molecular formula is C16H11F3. The van der Waals surface area contributed by atoms with Crippen molar-refractivity contribution in [3.63, 3.8) is 0 Å². The maximum Gasteiger partial charge on any atom is 0.416 e. The second-order valence-corrected chi connectivity index (χ2v) is 3.94. The van der Waals surface area contributed by atoms with Gasteiger partial charge in [-0.1, -0.05) is 60.7 Å². The third-order valence-electron chi connectivity index (χ3n) is 2.51. The molecule has 0 amide bonds. The van der Waals surface area contributed by atoms with Gasteiger partial charge in [0.2, 0.25) is 0 Å². The average Bonchev–Trinajstić information content (AvgIpc) is 2.40. The van der Waals surface area contributed by atoms with E-state index in [1.807, 2.05) is 12.1 Å². The highest BCUT2D eigenvalue weighted by Crippen LogP contribution is 2.23. The number of rotatable bonds is 2. The maximum absolute atomic E-state index is 12.3. The van der Waals surface area contributed by atoms with E-state index in [4.69, 9.17) is 0 Å². The lowest BCUT2D eigenvalue weighted by Crippen LogP contribution is -1.99. The van der Waals surface area contributed by atoms with Crippen LogP contribution in [0.2, 0.25) is 0 Å². The Morgan fingerprint density at radius 3 is 1.58 bits per heavy atom. The molecule has 0 spiro atoms. The lowest BCUT2D eigenvalue weighted by molar-refractivity contribution is -0.0796. The molecule has 19 heavy (non-hydrogen) atoms. The Hall–Kier alpha value is -2.25. The fourth-order valence-corrected chi connectivity index (χ4v) is 1.70. The first-order chi connectivity index (χ1) is 9.06. The minimum Gasteiger partial charge on any atom is -0.166 e. The van der Waals surface area contributed by atoms with Gasteiger partial charge in [-0.25, -0.2) is 0 Å². The molecule has 0 heterocycles. The van der Waals surface area contributed by atoms with Crippen LogP contribution >= 0.6 is 0 Å². The van der Waals surface area contributed by atoms with Gasteiger partial charge >= 0.3 is 6.18 Å². The standard InChI is InChI=1S/C16H11F3/c17-16(18,19)12-11-15(13-7-3-1-4-8-13)14-9-5-2-6-10-14/h1-10,12H. The summed E-state index contributed by atoms with van der Waals surface area (Å²) >= 11 is 0. The molecule has 3 heteroatoms. The first kappa shape index (κ1) is 13.2. The van der Waals surface area contributed by atoms with Gasteiger partial charge in [0, 0.05) is 5.57 Å². The Kier molecular flexibility index (Phi) is 3.88. The summed E-state index contributed by atoms with van der Waals surface area (Å²) in [5.74, 6) is 0. The SMILES string of the molecule is FC(F)(F)C=C=C(c1ccccc1)c1ccccc1. The van der Waals surface area contributed by atoms with Crippen LogP contribution in [0.15, 0.2) is 72.5 Å². The number of halogens is 3. The van der Waals surface area contributed by atoms with E-state index in [2.05, 4.69) is 5.73 Å². The van der Waals surface area contributed by atoms with E-state index in [-0.39, 0.29) is 6.08 Å². The van der Waals surface area contributed by atoms with Crippen molar-refractivity contribution in [2.45, 2.75) is 6.18 Å². The second-order valence-electron chi connectivity index (χ2n) is 3.94. The topological polar surface area (TPSA) is 0 Å². The van der Waals surface area contributed by atoms with Crippen LogP contribution < -0.4 is 0 Å². The summed E-state index contributed by atoms with van der Waals surface area (Å²) < 4.78 is 36.9. The Morgan fingerprint density at radius 2 is 1.21 bits per heavy atom. The average molecular weight is 260 g/mol. The molecule has 0 aliphatic heterocycles. The highest BCUT2D eigenvalue weighted by molar-refractivity contribution is 5.79. The van der Waals surface area contributed by atoms with Crippen molar-refractivity contribution < 1.29 is 13.2 Å². The molecule has 0 aliphatic carbocycles. The Morgan fingerprint density at radius 1 is 0.789 bits per heavy atom. The Balaban J connectivity index is 2.56. The monoisotopic (exact) mass is 260 g/mol. The number of hydrogen-bond acceptors (Lipinski definition) is 0. The minimum absolute atomic E-state index is 0.141.